The molecule has 1 aromatic carbocycles. The van der Waals surface area contributed by atoms with E-state index in [4.69, 9.17) is 4.74 Å². The Morgan fingerprint density at radius 3 is 2.52 bits per heavy atom. The Morgan fingerprint density at radius 1 is 1.15 bits per heavy atom. The number of anilines is 1. The quantitative estimate of drug-likeness (QED) is 0.508. The third kappa shape index (κ3) is 5.18. The van der Waals surface area contributed by atoms with Crippen molar-refractivity contribution in [1.29, 1.82) is 0 Å². The van der Waals surface area contributed by atoms with Crippen molar-refractivity contribution in [2.75, 3.05) is 24.6 Å². The molecule has 0 spiro atoms. The number of benzene rings is 1. The highest BCUT2D eigenvalue weighted by Crippen LogP contribution is 2.30. The normalized spacial score (nSPS) is 15.0. The first kappa shape index (κ1) is 22.8. The number of halogens is 3. The van der Waals surface area contributed by atoms with E-state index in [0.717, 1.165) is 49.1 Å². The summed E-state index contributed by atoms with van der Waals surface area (Å²) in [5.41, 5.74) is 1.94. The topological polar surface area (TPSA) is 71.1 Å². The summed E-state index contributed by atoms with van der Waals surface area (Å²) in [5.74, 6) is 1.27. The Kier molecular flexibility index (Phi) is 6.40. The van der Waals surface area contributed by atoms with Crippen molar-refractivity contribution in [3.8, 4) is 17.3 Å². The van der Waals surface area contributed by atoms with Crippen molar-refractivity contribution in [1.82, 2.24) is 15.0 Å². The SMILES string of the molecule is CC(=O)c1cccc(OCC2CCN(c3ccc(-c4ncc(C(F)(F)F)[nH]4)nc3)CC2)c1C. The molecule has 0 aliphatic carbocycles. The minimum Gasteiger partial charge on any atom is -0.493 e. The fraction of sp³-hybridized carbons (Fsp3) is 0.375. The molecule has 174 valence electrons. The van der Waals surface area contributed by atoms with Gasteiger partial charge < -0.3 is 14.6 Å². The Labute approximate surface area is 189 Å². The number of carbonyl (C=O) groups excluding carboxylic acids is 1. The van der Waals surface area contributed by atoms with Crippen LogP contribution >= 0.6 is 0 Å². The maximum absolute atomic E-state index is 12.8. The number of pyridine rings is 1. The number of rotatable bonds is 6. The molecule has 3 heterocycles. The highest BCUT2D eigenvalue weighted by molar-refractivity contribution is 5.96. The first-order valence-corrected chi connectivity index (χ1v) is 10.8. The molecule has 1 fully saturated rings. The van der Waals surface area contributed by atoms with Gasteiger partial charge in [0.25, 0.3) is 0 Å². The maximum Gasteiger partial charge on any atom is 0.432 e. The number of carbonyl (C=O) groups is 1. The van der Waals surface area contributed by atoms with Crippen LogP contribution in [-0.2, 0) is 6.18 Å². The van der Waals surface area contributed by atoms with Gasteiger partial charge in [0.05, 0.1) is 24.7 Å². The molecule has 4 rings (SSSR count). The summed E-state index contributed by atoms with van der Waals surface area (Å²) in [6.45, 7) is 5.71. The summed E-state index contributed by atoms with van der Waals surface area (Å²) in [5, 5.41) is 0. The van der Waals surface area contributed by atoms with Crippen LogP contribution < -0.4 is 9.64 Å². The third-order valence-corrected chi connectivity index (χ3v) is 5.99. The van der Waals surface area contributed by atoms with Gasteiger partial charge in [-0.3, -0.25) is 9.78 Å². The van der Waals surface area contributed by atoms with Crippen LogP contribution in [0.4, 0.5) is 18.9 Å². The lowest BCUT2D eigenvalue weighted by atomic mass is 9.97. The van der Waals surface area contributed by atoms with Gasteiger partial charge in [-0.2, -0.15) is 13.2 Å². The van der Waals surface area contributed by atoms with Gasteiger partial charge in [-0.05, 0) is 50.8 Å². The second-order valence-electron chi connectivity index (χ2n) is 8.27. The average Bonchev–Trinajstić information content (AvgIpc) is 3.30. The predicted octanol–water partition coefficient (Wildman–Crippen LogP) is 5.30. The number of nitrogens with zero attached hydrogens (tertiary/aromatic N) is 3. The van der Waals surface area contributed by atoms with Crippen LogP contribution in [0.2, 0.25) is 0 Å². The van der Waals surface area contributed by atoms with E-state index in [2.05, 4.69) is 19.9 Å². The molecule has 0 atom stereocenters. The monoisotopic (exact) mass is 458 g/mol. The van der Waals surface area contributed by atoms with Crippen LogP contribution in [0.25, 0.3) is 11.5 Å². The van der Waals surface area contributed by atoms with Gasteiger partial charge >= 0.3 is 6.18 Å². The molecule has 1 N–H and O–H groups in total. The van der Waals surface area contributed by atoms with Crippen LogP contribution in [0.5, 0.6) is 5.75 Å². The van der Waals surface area contributed by atoms with Crippen molar-refractivity contribution in [3.05, 3.63) is 59.5 Å². The van der Waals surface area contributed by atoms with E-state index >= 15 is 0 Å². The average molecular weight is 458 g/mol. The lowest BCUT2D eigenvalue weighted by molar-refractivity contribution is -0.140. The molecular weight excluding hydrogens is 433 g/mol. The van der Waals surface area contributed by atoms with Gasteiger partial charge in [0.2, 0.25) is 0 Å². The largest absolute Gasteiger partial charge is 0.493 e. The van der Waals surface area contributed by atoms with Crippen LogP contribution in [0, 0.1) is 12.8 Å². The molecule has 0 bridgehead atoms. The zero-order chi connectivity index (χ0) is 23.6. The number of nitrogens with one attached hydrogen (secondary N) is 1. The summed E-state index contributed by atoms with van der Waals surface area (Å²) in [4.78, 5) is 24.3. The Morgan fingerprint density at radius 2 is 1.91 bits per heavy atom. The number of H-pyrrole nitrogens is 1. The third-order valence-electron chi connectivity index (χ3n) is 5.99. The highest BCUT2D eigenvalue weighted by Gasteiger charge is 2.33. The molecule has 2 aromatic heterocycles. The Hall–Kier alpha value is -3.36. The lowest BCUT2D eigenvalue weighted by Crippen LogP contribution is -2.35. The van der Waals surface area contributed by atoms with Crippen LogP contribution in [0.3, 0.4) is 0 Å². The lowest BCUT2D eigenvalue weighted by Gasteiger charge is -2.33. The Balaban J connectivity index is 1.32. The van der Waals surface area contributed by atoms with Gasteiger partial charge in [-0.15, -0.1) is 0 Å². The highest BCUT2D eigenvalue weighted by atomic mass is 19.4. The van der Waals surface area contributed by atoms with Crippen molar-refractivity contribution < 1.29 is 22.7 Å². The number of Topliss-reactive ketones (excluding diaryl/α,β-unsaturated/α-hetero) is 1. The summed E-state index contributed by atoms with van der Waals surface area (Å²) in [6, 6.07) is 9.06. The number of ketones is 1. The number of ether oxygens (including phenoxy) is 1. The summed E-state index contributed by atoms with van der Waals surface area (Å²) in [6.07, 6.45) is -0.136. The fourth-order valence-electron chi connectivity index (χ4n) is 4.03. The standard InChI is InChI=1S/C24H25F3N4O2/c1-15-19(16(2)32)4-3-5-21(15)33-14-17-8-10-31(11-9-17)18-6-7-20(28-12-18)23-29-13-22(30-23)24(25,26)27/h3-7,12-13,17H,8-11,14H2,1-2H3,(H,29,30). The maximum atomic E-state index is 12.8. The summed E-state index contributed by atoms with van der Waals surface area (Å²) < 4.78 is 44.3. The first-order valence-electron chi connectivity index (χ1n) is 10.8. The minimum absolute atomic E-state index is 0.0266. The van der Waals surface area contributed by atoms with Gasteiger partial charge in [0, 0.05) is 24.2 Å². The van der Waals surface area contributed by atoms with E-state index in [1.54, 1.807) is 19.2 Å². The van der Waals surface area contributed by atoms with Crippen LogP contribution in [-0.4, -0.2) is 40.4 Å². The number of piperidine rings is 1. The van der Waals surface area contributed by atoms with Gasteiger partial charge in [-0.25, -0.2) is 4.98 Å². The van der Waals surface area contributed by atoms with Crippen LogP contribution in [0.15, 0.2) is 42.7 Å². The predicted molar refractivity (Wildman–Crippen MR) is 118 cm³/mol. The van der Waals surface area contributed by atoms with E-state index in [1.807, 2.05) is 31.2 Å². The summed E-state index contributed by atoms with van der Waals surface area (Å²) in [7, 11) is 0. The van der Waals surface area contributed by atoms with E-state index in [9.17, 15) is 18.0 Å². The minimum atomic E-state index is -4.46. The van der Waals surface area contributed by atoms with Gasteiger partial charge in [0.1, 0.15) is 17.1 Å². The van der Waals surface area contributed by atoms with Crippen molar-refractivity contribution in [2.45, 2.75) is 32.9 Å². The van der Waals surface area contributed by atoms with Gasteiger partial charge in [0.15, 0.2) is 11.6 Å². The van der Waals surface area contributed by atoms with E-state index in [0.29, 0.717) is 23.8 Å². The molecule has 6 nitrogen and oxygen atoms in total. The van der Waals surface area contributed by atoms with E-state index in [-0.39, 0.29) is 11.6 Å². The number of aromatic amines is 1. The molecule has 9 heteroatoms. The number of imidazole rings is 1. The fourth-order valence-corrected chi connectivity index (χ4v) is 4.03. The first-order chi connectivity index (χ1) is 15.7. The second kappa shape index (κ2) is 9.25. The summed E-state index contributed by atoms with van der Waals surface area (Å²) >= 11 is 0. The smallest absolute Gasteiger partial charge is 0.432 e. The van der Waals surface area contributed by atoms with Crippen molar-refractivity contribution in [2.24, 2.45) is 5.92 Å². The zero-order valence-electron chi connectivity index (χ0n) is 18.4. The van der Waals surface area contributed by atoms with Gasteiger partial charge in [-0.1, -0.05) is 12.1 Å². The van der Waals surface area contributed by atoms with E-state index < -0.39 is 11.9 Å². The van der Waals surface area contributed by atoms with Crippen molar-refractivity contribution in [3.63, 3.8) is 0 Å². The molecule has 1 saturated heterocycles. The molecule has 3 aromatic rings. The molecule has 1 aliphatic heterocycles. The zero-order valence-corrected chi connectivity index (χ0v) is 18.4. The molecule has 0 amide bonds. The number of hydrogen-bond acceptors (Lipinski definition) is 5. The van der Waals surface area contributed by atoms with Crippen LogP contribution in [0.1, 0.15) is 41.4 Å². The molecule has 33 heavy (non-hydrogen) atoms. The Bertz CT molecular complexity index is 1120. The van der Waals surface area contributed by atoms with Crippen molar-refractivity contribution >= 4 is 11.5 Å². The number of aromatic nitrogens is 3. The molecule has 0 saturated carbocycles. The molecular formula is C24H25F3N4O2. The molecule has 0 unspecified atom stereocenters. The molecule has 0 radical (unpaired) electrons. The number of alkyl halides is 3. The van der Waals surface area contributed by atoms with E-state index in [1.165, 1.54) is 0 Å². The molecule has 1 aliphatic rings. The second-order valence-corrected chi connectivity index (χ2v) is 8.27. The number of hydrogen-bond donors (Lipinski definition) is 1.